The van der Waals surface area contributed by atoms with Gasteiger partial charge in [0.2, 0.25) is 5.91 Å². The molecule has 0 aromatic carbocycles. The van der Waals surface area contributed by atoms with Crippen molar-refractivity contribution in [2.75, 3.05) is 13.2 Å². The molecule has 18 heavy (non-hydrogen) atoms. The molecule has 3 N–H and O–H groups in total. The monoisotopic (exact) mass is 252 g/mol. The van der Waals surface area contributed by atoms with E-state index in [-0.39, 0.29) is 23.9 Å². The SMILES string of the molecule is Cc1c(C(C)NC(=O)C2COCC2N)cnn1C. The summed E-state index contributed by atoms with van der Waals surface area (Å²) in [5.74, 6) is -0.291. The molecular formula is C12H20N4O2. The van der Waals surface area contributed by atoms with Crippen molar-refractivity contribution in [1.82, 2.24) is 15.1 Å². The first kappa shape index (κ1) is 13.0. The predicted molar refractivity (Wildman–Crippen MR) is 66.8 cm³/mol. The highest BCUT2D eigenvalue weighted by molar-refractivity contribution is 5.80. The number of nitrogens with one attached hydrogen (secondary N) is 1. The standard InChI is InChI=1S/C12H20N4O2/c1-7(9-4-14-16(3)8(9)2)15-12(17)10-5-18-6-11(10)13/h4,7,10-11H,5-6,13H2,1-3H3,(H,15,17). The van der Waals surface area contributed by atoms with E-state index in [1.54, 1.807) is 10.9 Å². The van der Waals surface area contributed by atoms with Gasteiger partial charge in [-0.2, -0.15) is 5.10 Å². The van der Waals surface area contributed by atoms with Gasteiger partial charge >= 0.3 is 0 Å². The van der Waals surface area contributed by atoms with Gasteiger partial charge in [0.1, 0.15) is 0 Å². The molecule has 3 unspecified atom stereocenters. The molecule has 1 amide bonds. The second kappa shape index (κ2) is 5.07. The normalized spacial score (nSPS) is 25.1. The lowest BCUT2D eigenvalue weighted by Crippen LogP contribution is -2.41. The smallest absolute Gasteiger partial charge is 0.227 e. The van der Waals surface area contributed by atoms with E-state index >= 15 is 0 Å². The first-order chi connectivity index (χ1) is 8.50. The van der Waals surface area contributed by atoms with Crippen molar-refractivity contribution in [3.8, 4) is 0 Å². The number of aromatic nitrogens is 2. The zero-order chi connectivity index (χ0) is 13.3. The molecule has 1 aromatic heterocycles. The van der Waals surface area contributed by atoms with Crippen LogP contribution in [0.15, 0.2) is 6.20 Å². The molecule has 0 bridgehead atoms. The highest BCUT2D eigenvalue weighted by Crippen LogP contribution is 2.18. The Morgan fingerprint density at radius 3 is 2.89 bits per heavy atom. The summed E-state index contributed by atoms with van der Waals surface area (Å²) in [6.07, 6.45) is 1.78. The largest absolute Gasteiger partial charge is 0.379 e. The van der Waals surface area contributed by atoms with Gasteiger partial charge in [-0.3, -0.25) is 9.48 Å². The van der Waals surface area contributed by atoms with Crippen molar-refractivity contribution in [3.05, 3.63) is 17.5 Å². The molecule has 100 valence electrons. The average Bonchev–Trinajstić information content (AvgIpc) is 2.87. The van der Waals surface area contributed by atoms with Gasteiger partial charge in [-0.05, 0) is 13.8 Å². The summed E-state index contributed by atoms with van der Waals surface area (Å²) in [6, 6.07) is -0.272. The number of amides is 1. The van der Waals surface area contributed by atoms with Gasteiger partial charge in [0.05, 0.1) is 31.4 Å². The first-order valence-corrected chi connectivity index (χ1v) is 6.13. The second-order valence-corrected chi connectivity index (χ2v) is 4.85. The molecule has 1 aromatic rings. The number of carbonyl (C=O) groups is 1. The van der Waals surface area contributed by atoms with Gasteiger partial charge in [0.25, 0.3) is 0 Å². The topological polar surface area (TPSA) is 82.2 Å². The molecule has 0 radical (unpaired) electrons. The van der Waals surface area contributed by atoms with E-state index in [1.165, 1.54) is 0 Å². The summed E-state index contributed by atoms with van der Waals surface area (Å²) in [4.78, 5) is 12.1. The minimum atomic E-state index is -0.246. The fraction of sp³-hybridized carbons (Fsp3) is 0.667. The highest BCUT2D eigenvalue weighted by atomic mass is 16.5. The number of rotatable bonds is 3. The summed E-state index contributed by atoms with van der Waals surface area (Å²) in [5, 5.41) is 7.14. The molecule has 2 heterocycles. The van der Waals surface area contributed by atoms with Crippen LogP contribution in [0.1, 0.15) is 24.2 Å². The molecule has 2 rings (SSSR count). The fourth-order valence-electron chi connectivity index (χ4n) is 2.18. The van der Waals surface area contributed by atoms with Crippen molar-refractivity contribution < 1.29 is 9.53 Å². The van der Waals surface area contributed by atoms with Gasteiger partial charge in [-0.25, -0.2) is 0 Å². The maximum atomic E-state index is 12.1. The van der Waals surface area contributed by atoms with Crippen LogP contribution in [0.25, 0.3) is 0 Å². The maximum Gasteiger partial charge on any atom is 0.227 e. The third kappa shape index (κ3) is 2.39. The van der Waals surface area contributed by atoms with Crippen LogP contribution in [-0.2, 0) is 16.6 Å². The number of nitrogens with two attached hydrogens (primary N) is 1. The second-order valence-electron chi connectivity index (χ2n) is 4.85. The predicted octanol–water partition coefficient (Wildman–Crippen LogP) is -0.121. The van der Waals surface area contributed by atoms with E-state index in [9.17, 15) is 4.79 Å². The molecule has 1 fully saturated rings. The number of carbonyl (C=O) groups excluding carboxylic acids is 1. The van der Waals surface area contributed by atoms with Crippen molar-refractivity contribution in [3.63, 3.8) is 0 Å². The van der Waals surface area contributed by atoms with E-state index in [0.29, 0.717) is 13.2 Å². The minimum Gasteiger partial charge on any atom is -0.379 e. The van der Waals surface area contributed by atoms with Crippen molar-refractivity contribution in [1.29, 1.82) is 0 Å². The quantitative estimate of drug-likeness (QED) is 0.785. The molecule has 6 nitrogen and oxygen atoms in total. The molecule has 0 saturated carbocycles. The van der Waals surface area contributed by atoms with E-state index in [4.69, 9.17) is 10.5 Å². The summed E-state index contributed by atoms with van der Waals surface area (Å²) in [6.45, 7) is 4.79. The van der Waals surface area contributed by atoms with E-state index in [0.717, 1.165) is 11.3 Å². The van der Waals surface area contributed by atoms with Gasteiger partial charge in [0.15, 0.2) is 0 Å². The fourth-order valence-corrected chi connectivity index (χ4v) is 2.18. The summed E-state index contributed by atoms with van der Waals surface area (Å²) < 4.78 is 7.00. The number of hydrogen-bond donors (Lipinski definition) is 2. The van der Waals surface area contributed by atoms with Crippen LogP contribution in [-0.4, -0.2) is 34.9 Å². The number of ether oxygens (including phenoxy) is 1. The van der Waals surface area contributed by atoms with Gasteiger partial charge in [0, 0.05) is 24.3 Å². The summed E-state index contributed by atoms with van der Waals surface area (Å²) in [5.41, 5.74) is 7.90. The number of nitrogens with zero attached hydrogens (tertiary/aromatic N) is 2. The molecule has 3 atom stereocenters. The van der Waals surface area contributed by atoms with E-state index in [1.807, 2.05) is 20.9 Å². The lowest BCUT2D eigenvalue weighted by molar-refractivity contribution is -0.125. The zero-order valence-electron chi connectivity index (χ0n) is 11.0. The Kier molecular flexibility index (Phi) is 3.68. The van der Waals surface area contributed by atoms with E-state index < -0.39 is 0 Å². The third-order valence-electron chi connectivity index (χ3n) is 3.56. The Labute approximate surface area is 106 Å². The lowest BCUT2D eigenvalue weighted by Gasteiger charge is -2.18. The van der Waals surface area contributed by atoms with Gasteiger partial charge < -0.3 is 15.8 Å². The van der Waals surface area contributed by atoms with Gasteiger partial charge in [-0.1, -0.05) is 0 Å². The molecule has 1 aliphatic rings. The van der Waals surface area contributed by atoms with Crippen LogP contribution in [0.4, 0.5) is 0 Å². The van der Waals surface area contributed by atoms with Crippen molar-refractivity contribution in [2.45, 2.75) is 25.9 Å². The Hall–Kier alpha value is -1.40. The minimum absolute atomic E-state index is 0.0456. The third-order valence-corrected chi connectivity index (χ3v) is 3.56. The molecule has 0 spiro atoms. The van der Waals surface area contributed by atoms with Crippen LogP contribution >= 0.6 is 0 Å². The Morgan fingerprint density at radius 1 is 1.67 bits per heavy atom. The van der Waals surface area contributed by atoms with E-state index in [2.05, 4.69) is 10.4 Å². The van der Waals surface area contributed by atoms with Crippen molar-refractivity contribution >= 4 is 5.91 Å². The zero-order valence-corrected chi connectivity index (χ0v) is 11.0. The Morgan fingerprint density at radius 2 is 2.39 bits per heavy atom. The van der Waals surface area contributed by atoms with Gasteiger partial charge in [-0.15, -0.1) is 0 Å². The highest BCUT2D eigenvalue weighted by Gasteiger charge is 2.32. The molecular weight excluding hydrogens is 232 g/mol. The van der Waals surface area contributed by atoms with Crippen LogP contribution in [0.5, 0.6) is 0 Å². The maximum absolute atomic E-state index is 12.1. The summed E-state index contributed by atoms with van der Waals surface area (Å²) in [7, 11) is 1.88. The van der Waals surface area contributed by atoms with Crippen LogP contribution < -0.4 is 11.1 Å². The molecule has 1 aliphatic heterocycles. The first-order valence-electron chi connectivity index (χ1n) is 6.13. The molecule has 6 heteroatoms. The molecule has 1 saturated heterocycles. The Balaban J connectivity index is 2.01. The van der Waals surface area contributed by atoms with Crippen LogP contribution in [0.3, 0.4) is 0 Å². The number of hydrogen-bond acceptors (Lipinski definition) is 4. The average molecular weight is 252 g/mol. The van der Waals surface area contributed by atoms with Crippen molar-refractivity contribution in [2.24, 2.45) is 18.7 Å². The summed E-state index contributed by atoms with van der Waals surface area (Å²) >= 11 is 0. The Bertz CT molecular complexity index is 443. The lowest BCUT2D eigenvalue weighted by atomic mass is 10.0. The number of aryl methyl sites for hydroxylation is 1. The molecule has 0 aliphatic carbocycles. The van der Waals surface area contributed by atoms with Crippen LogP contribution in [0.2, 0.25) is 0 Å². The van der Waals surface area contributed by atoms with Crippen LogP contribution in [0, 0.1) is 12.8 Å².